The topological polar surface area (TPSA) is 44.4 Å². The highest BCUT2D eigenvalue weighted by Crippen LogP contribution is 2.29. The maximum absolute atomic E-state index is 12.4. The van der Waals surface area contributed by atoms with Crippen molar-refractivity contribution >= 4 is 11.6 Å². The van der Waals surface area contributed by atoms with E-state index in [1.54, 1.807) is 0 Å². The number of piperidine rings is 1. The van der Waals surface area contributed by atoms with Crippen LogP contribution in [0.15, 0.2) is 24.3 Å². The largest absolute Gasteiger partial charge is 0.325 e. The second-order valence-corrected chi connectivity index (χ2v) is 7.21. The zero-order chi connectivity index (χ0) is 16.2. The molecular formula is C18H29N3O. The molecule has 0 bridgehead atoms. The van der Waals surface area contributed by atoms with Crippen LogP contribution in [0.25, 0.3) is 0 Å². The van der Waals surface area contributed by atoms with Crippen LogP contribution in [0.1, 0.15) is 39.2 Å². The highest BCUT2D eigenvalue weighted by molar-refractivity contribution is 5.93. The molecule has 0 radical (unpaired) electrons. The van der Waals surface area contributed by atoms with Crippen molar-refractivity contribution in [2.24, 2.45) is 0 Å². The van der Waals surface area contributed by atoms with E-state index in [9.17, 15) is 4.79 Å². The van der Waals surface area contributed by atoms with Crippen molar-refractivity contribution in [1.82, 2.24) is 10.2 Å². The zero-order valence-corrected chi connectivity index (χ0v) is 14.3. The average molecular weight is 303 g/mol. The van der Waals surface area contributed by atoms with Crippen molar-refractivity contribution in [3.05, 3.63) is 29.8 Å². The predicted octanol–water partition coefficient (Wildman–Crippen LogP) is 2.61. The summed E-state index contributed by atoms with van der Waals surface area (Å²) >= 11 is 0. The van der Waals surface area contributed by atoms with Gasteiger partial charge in [0.05, 0.1) is 6.54 Å². The summed E-state index contributed by atoms with van der Waals surface area (Å²) in [4.78, 5) is 14.6. The molecule has 1 unspecified atom stereocenters. The van der Waals surface area contributed by atoms with Gasteiger partial charge in [-0.3, -0.25) is 9.69 Å². The summed E-state index contributed by atoms with van der Waals surface area (Å²) in [6.07, 6.45) is 2.35. The van der Waals surface area contributed by atoms with Gasteiger partial charge in [-0.15, -0.1) is 0 Å². The zero-order valence-electron chi connectivity index (χ0n) is 14.3. The Morgan fingerprint density at radius 2 is 2.05 bits per heavy atom. The second kappa shape index (κ2) is 7.25. The monoisotopic (exact) mass is 303 g/mol. The molecular weight excluding hydrogens is 274 g/mol. The van der Waals surface area contributed by atoms with Crippen LogP contribution >= 0.6 is 0 Å². The molecule has 0 aromatic heterocycles. The van der Waals surface area contributed by atoms with Gasteiger partial charge < -0.3 is 10.6 Å². The third-order valence-electron chi connectivity index (χ3n) is 4.29. The van der Waals surface area contributed by atoms with Crippen LogP contribution in [-0.2, 0) is 10.2 Å². The van der Waals surface area contributed by atoms with Gasteiger partial charge in [-0.25, -0.2) is 0 Å². The van der Waals surface area contributed by atoms with E-state index in [2.05, 4.69) is 42.4 Å². The highest BCUT2D eigenvalue weighted by atomic mass is 16.2. The first-order valence-corrected chi connectivity index (χ1v) is 8.19. The quantitative estimate of drug-likeness (QED) is 0.898. The molecule has 1 aliphatic heterocycles. The van der Waals surface area contributed by atoms with Crippen LogP contribution in [0.2, 0.25) is 0 Å². The third-order valence-corrected chi connectivity index (χ3v) is 4.29. The Labute approximate surface area is 134 Å². The van der Waals surface area contributed by atoms with Crippen LogP contribution in [0.4, 0.5) is 5.69 Å². The fourth-order valence-corrected chi connectivity index (χ4v) is 3.07. The molecule has 1 saturated heterocycles. The maximum atomic E-state index is 12.4. The minimum absolute atomic E-state index is 0.0201. The third kappa shape index (κ3) is 4.55. The first-order chi connectivity index (χ1) is 10.4. The number of nitrogens with zero attached hydrogens (tertiary/aromatic N) is 1. The normalized spacial score (nSPS) is 19.9. The number of likely N-dealkylation sites (tertiary alicyclic amines) is 1. The van der Waals surface area contributed by atoms with E-state index in [1.165, 1.54) is 12.0 Å². The fourth-order valence-electron chi connectivity index (χ4n) is 3.07. The van der Waals surface area contributed by atoms with E-state index in [1.807, 2.05) is 25.2 Å². The Kier molecular flexibility index (Phi) is 5.59. The molecule has 122 valence electrons. The SMILES string of the molecule is CNC1CCCN(CC(=O)Nc2ccccc2C(C)(C)C)C1. The highest BCUT2D eigenvalue weighted by Gasteiger charge is 2.22. The van der Waals surface area contributed by atoms with Crippen LogP contribution in [0.5, 0.6) is 0 Å². The van der Waals surface area contributed by atoms with Crippen molar-refractivity contribution in [3.63, 3.8) is 0 Å². The van der Waals surface area contributed by atoms with Crippen molar-refractivity contribution < 1.29 is 4.79 Å². The summed E-state index contributed by atoms with van der Waals surface area (Å²) in [6, 6.07) is 8.59. The number of para-hydroxylation sites is 1. The molecule has 2 rings (SSSR count). The van der Waals surface area contributed by atoms with Crippen molar-refractivity contribution in [3.8, 4) is 0 Å². The van der Waals surface area contributed by atoms with Gasteiger partial charge in [-0.1, -0.05) is 39.0 Å². The number of rotatable bonds is 4. The lowest BCUT2D eigenvalue weighted by Gasteiger charge is -2.32. The first kappa shape index (κ1) is 17.0. The lowest BCUT2D eigenvalue weighted by atomic mass is 9.86. The number of anilines is 1. The molecule has 1 fully saturated rings. The molecule has 0 aliphatic carbocycles. The van der Waals surface area contributed by atoms with Gasteiger partial charge >= 0.3 is 0 Å². The van der Waals surface area contributed by atoms with Gasteiger partial charge in [0, 0.05) is 18.3 Å². The van der Waals surface area contributed by atoms with E-state index in [0.29, 0.717) is 12.6 Å². The van der Waals surface area contributed by atoms with Gasteiger partial charge in [-0.05, 0) is 43.5 Å². The van der Waals surface area contributed by atoms with Gasteiger partial charge in [0.25, 0.3) is 0 Å². The average Bonchev–Trinajstić information content (AvgIpc) is 2.46. The van der Waals surface area contributed by atoms with E-state index in [0.717, 1.165) is 25.2 Å². The Morgan fingerprint density at radius 1 is 1.32 bits per heavy atom. The second-order valence-electron chi connectivity index (χ2n) is 7.21. The predicted molar refractivity (Wildman–Crippen MR) is 92.3 cm³/mol. The fraction of sp³-hybridized carbons (Fsp3) is 0.611. The van der Waals surface area contributed by atoms with Gasteiger partial charge in [-0.2, -0.15) is 0 Å². The van der Waals surface area contributed by atoms with Gasteiger partial charge in [0.1, 0.15) is 0 Å². The van der Waals surface area contributed by atoms with Crippen LogP contribution in [0.3, 0.4) is 0 Å². The number of nitrogens with one attached hydrogen (secondary N) is 2. The van der Waals surface area contributed by atoms with E-state index in [-0.39, 0.29) is 11.3 Å². The van der Waals surface area contributed by atoms with E-state index >= 15 is 0 Å². The molecule has 1 aromatic rings. The Balaban J connectivity index is 1.98. The van der Waals surface area contributed by atoms with E-state index < -0.39 is 0 Å². The molecule has 1 heterocycles. The van der Waals surface area contributed by atoms with Crippen LogP contribution in [-0.4, -0.2) is 43.5 Å². The van der Waals surface area contributed by atoms with Gasteiger partial charge in [0.15, 0.2) is 0 Å². The molecule has 0 saturated carbocycles. The standard InChI is InChI=1S/C18H29N3O/c1-18(2,3)15-9-5-6-10-16(15)20-17(22)13-21-11-7-8-14(12-21)19-4/h5-6,9-10,14,19H,7-8,11-13H2,1-4H3,(H,20,22). The molecule has 1 aliphatic rings. The molecule has 4 nitrogen and oxygen atoms in total. The van der Waals surface area contributed by atoms with Crippen LogP contribution < -0.4 is 10.6 Å². The first-order valence-electron chi connectivity index (χ1n) is 8.19. The van der Waals surface area contributed by atoms with Crippen molar-refractivity contribution in [2.75, 3.05) is 32.0 Å². The molecule has 1 aromatic carbocycles. The number of carbonyl (C=O) groups is 1. The number of likely N-dealkylation sites (N-methyl/N-ethyl adjacent to an activating group) is 1. The van der Waals surface area contributed by atoms with Crippen molar-refractivity contribution in [1.29, 1.82) is 0 Å². The molecule has 2 N–H and O–H groups in total. The summed E-state index contributed by atoms with van der Waals surface area (Å²) in [7, 11) is 1.99. The maximum Gasteiger partial charge on any atom is 0.238 e. The smallest absolute Gasteiger partial charge is 0.238 e. The number of benzene rings is 1. The van der Waals surface area contributed by atoms with Gasteiger partial charge in [0.2, 0.25) is 5.91 Å². The van der Waals surface area contributed by atoms with Crippen molar-refractivity contribution in [2.45, 2.75) is 45.1 Å². The molecule has 1 amide bonds. The molecule has 1 atom stereocenters. The van der Waals surface area contributed by atoms with E-state index in [4.69, 9.17) is 0 Å². The van der Waals surface area contributed by atoms with Crippen LogP contribution in [0, 0.1) is 0 Å². The summed E-state index contributed by atoms with van der Waals surface area (Å²) in [5.74, 6) is 0.0773. The summed E-state index contributed by atoms with van der Waals surface area (Å²) in [5.41, 5.74) is 2.13. The summed E-state index contributed by atoms with van der Waals surface area (Å²) in [5, 5.41) is 6.41. The Bertz CT molecular complexity index is 507. The minimum atomic E-state index is 0.0201. The summed E-state index contributed by atoms with van der Waals surface area (Å²) < 4.78 is 0. The number of amides is 1. The molecule has 22 heavy (non-hydrogen) atoms. The number of carbonyl (C=O) groups excluding carboxylic acids is 1. The number of hydrogen-bond acceptors (Lipinski definition) is 3. The number of hydrogen-bond donors (Lipinski definition) is 2. The summed E-state index contributed by atoms with van der Waals surface area (Å²) in [6.45, 7) is 8.93. The molecule has 4 heteroatoms. The lowest BCUT2D eigenvalue weighted by Crippen LogP contribution is -2.47. The minimum Gasteiger partial charge on any atom is -0.325 e. The molecule has 0 spiro atoms. The lowest BCUT2D eigenvalue weighted by molar-refractivity contribution is -0.117. The Morgan fingerprint density at radius 3 is 2.73 bits per heavy atom. The Hall–Kier alpha value is -1.39.